The lowest BCUT2D eigenvalue weighted by molar-refractivity contribution is -0.147. The minimum Gasteiger partial charge on any atom is -0.480 e. The van der Waals surface area contributed by atoms with Crippen molar-refractivity contribution in [3.63, 3.8) is 0 Å². The van der Waals surface area contributed by atoms with E-state index in [9.17, 15) is 19.5 Å². The molecule has 5 rings (SSSR count). The molecule has 0 bridgehead atoms. The van der Waals surface area contributed by atoms with Crippen molar-refractivity contribution in [1.82, 2.24) is 10.6 Å². The van der Waals surface area contributed by atoms with E-state index in [0.29, 0.717) is 12.8 Å². The predicted octanol–water partition coefficient (Wildman–Crippen LogP) is 5.26. The van der Waals surface area contributed by atoms with Gasteiger partial charge in [-0.2, -0.15) is 0 Å². The molecule has 2 amide bonds. The highest BCUT2D eigenvalue weighted by Crippen LogP contribution is 2.44. The number of nitrogens with one attached hydrogen (secondary N) is 2. The Labute approximate surface area is 240 Å². The van der Waals surface area contributed by atoms with Gasteiger partial charge in [0, 0.05) is 12.0 Å². The number of fused-ring (bicyclic) bond motifs is 3. The summed E-state index contributed by atoms with van der Waals surface area (Å²) in [6, 6.07) is 24.0. The van der Waals surface area contributed by atoms with E-state index < -0.39 is 42.1 Å². The summed E-state index contributed by atoms with van der Waals surface area (Å²) in [5, 5.41) is 15.4. The Hall–Kier alpha value is -4.17. The molecule has 2 aliphatic carbocycles. The molecule has 1 saturated carbocycles. The Bertz CT molecular complexity index is 1330. The molecule has 0 heterocycles. The summed E-state index contributed by atoms with van der Waals surface area (Å²) < 4.78 is 11.5. The van der Waals surface area contributed by atoms with Gasteiger partial charge in [0.15, 0.2) is 6.04 Å². The standard InChI is InChI=1S/C33H36N2O6/c1-21(40-19-22-11-3-2-4-12-22)30(32(37)38)35-31(36)27-17-9-10-18-29(27)34-33(39)41-20-28-25-15-7-5-13-23(25)24-14-6-8-16-26(24)28/h2-8,11-16,21,27-30H,9-10,17-20H2,1H3,(H,34,39)(H,35,36)(H,37,38)/t21-,27+,29-,30+/m0/s1. The maximum atomic E-state index is 13.3. The first-order valence-corrected chi connectivity index (χ1v) is 14.2. The van der Waals surface area contributed by atoms with Crippen LogP contribution in [0.3, 0.4) is 0 Å². The van der Waals surface area contributed by atoms with Crippen LogP contribution in [0.25, 0.3) is 11.1 Å². The molecule has 3 aromatic rings. The van der Waals surface area contributed by atoms with Gasteiger partial charge >= 0.3 is 12.1 Å². The Morgan fingerprint density at radius 2 is 1.49 bits per heavy atom. The third-order valence-corrected chi connectivity index (χ3v) is 8.14. The molecule has 3 N–H and O–H groups in total. The molecule has 0 radical (unpaired) electrons. The molecule has 0 saturated heterocycles. The number of carboxylic acid groups (broad SMARTS) is 1. The zero-order chi connectivity index (χ0) is 28.8. The Morgan fingerprint density at radius 3 is 2.15 bits per heavy atom. The molecule has 8 heteroatoms. The number of carboxylic acids is 1. The SMILES string of the molecule is C[C@H](OCc1ccccc1)[C@@H](NC(=O)[C@@H]1CCCC[C@@H]1NC(=O)OCC1c2ccccc2-c2ccccc21)C(=O)O. The predicted molar refractivity (Wildman–Crippen MR) is 154 cm³/mol. The maximum Gasteiger partial charge on any atom is 0.407 e. The molecule has 0 unspecified atom stereocenters. The molecular formula is C33H36N2O6. The number of hydrogen-bond acceptors (Lipinski definition) is 5. The Kier molecular flexibility index (Phi) is 8.99. The summed E-state index contributed by atoms with van der Waals surface area (Å²) in [5.41, 5.74) is 5.46. The van der Waals surface area contributed by atoms with E-state index in [1.165, 1.54) is 0 Å². The maximum absolute atomic E-state index is 13.3. The van der Waals surface area contributed by atoms with Gasteiger partial charge < -0.3 is 25.2 Å². The van der Waals surface area contributed by atoms with Crippen LogP contribution in [-0.4, -0.2) is 47.9 Å². The summed E-state index contributed by atoms with van der Waals surface area (Å²) in [6.07, 6.45) is 1.50. The van der Waals surface area contributed by atoms with Crippen molar-refractivity contribution in [3.8, 4) is 11.1 Å². The summed E-state index contributed by atoms with van der Waals surface area (Å²) in [6.45, 7) is 2.05. The van der Waals surface area contributed by atoms with Gasteiger partial charge in [0.1, 0.15) is 6.61 Å². The van der Waals surface area contributed by atoms with Crippen LogP contribution in [0.4, 0.5) is 4.79 Å². The molecule has 0 spiro atoms. The molecule has 1 fully saturated rings. The molecule has 214 valence electrons. The third-order valence-electron chi connectivity index (χ3n) is 8.14. The monoisotopic (exact) mass is 556 g/mol. The minimum absolute atomic E-state index is 0.0627. The number of benzene rings is 3. The number of alkyl carbamates (subject to hydrolysis) is 1. The number of ether oxygens (including phenoxy) is 2. The summed E-state index contributed by atoms with van der Waals surface area (Å²) in [4.78, 5) is 38.3. The first-order valence-electron chi connectivity index (χ1n) is 14.2. The van der Waals surface area contributed by atoms with Gasteiger partial charge in [-0.3, -0.25) is 4.79 Å². The summed E-state index contributed by atoms with van der Waals surface area (Å²) in [5.74, 6) is -2.20. The van der Waals surface area contributed by atoms with Crippen LogP contribution in [0.5, 0.6) is 0 Å². The van der Waals surface area contributed by atoms with Crippen molar-refractivity contribution in [1.29, 1.82) is 0 Å². The van der Waals surface area contributed by atoms with Crippen molar-refractivity contribution in [2.75, 3.05) is 6.61 Å². The number of rotatable bonds is 10. The van der Waals surface area contributed by atoms with Crippen molar-refractivity contribution >= 4 is 18.0 Å². The topological polar surface area (TPSA) is 114 Å². The van der Waals surface area contributed by atoms with Gasteiger partial charge in [-0.05, 0) is 47.6 Å². The van der Waals surface area contributed by atoms with Gasteiger partial charge in [-0.1, -0.05) is 91.7 Å². The lowest BCUT2D eigenvalue weighted by Crippen LogP contribution is -2.54. The molecule has 2 aliphatic rings. The van der Waals surface area contributed by atoms with E-state index in [4.69, 9.17) is 9.47 Å². The lowest BCUT2D eigenvalue weighted by atomic mass is 9.83. The number of amides is 2. The van der Waals surface area contributed by atoms with Crippen molar-refractivity contribution in [3.05, 3.63) is 95.6 Å². The smallest absolute Gasteiger partial charge is 0.407 e. The fraction of sp³-hybridized carbons (Fsp3) is 0.364. The Balaban J connectivity index is 1.18. The summed E-state index contributed by atoms with van der Waals surface area (Å²) in [7, 11) is 0. The van der Waals surface area contributed by atoms with Crippen LogP contribution >= 0.6 is 0 Å². The second-order valence-corrected chi connectivity index (χ2v) is 10.8. The van der Waals surface area contributed by atoms with Crippen LogP contribution in [-0.2, 0) is 25.7 Å². The average molecular weight is 557 g/mol. The highest BCUT2D eigenvalue weighted by Gasteiger charge is 2.36. The number of hydrogen-bond donors (Lipinski definition) is 3. The number of carbonyl (C=O) groups is 3. The van der Waals surface area contributed by atoms with Crippen molar-refractivity contribution in [2.24, 2.45) is 5.92 Å². The quantitative estimate of drug-likeness (QED) is 0.314. The normalized spacial score (nSPS) is 19.3. The fourth-order valence-electron chi connectivity index (χ4n) is 5.95. The second-order valence-electron chi connectivity index (χ2n) is 10.8. The highest BCUT2D eigenvalue weighted by molar-refractivity contribution is 5.86. The van der Waals surface area contributed by atoms with Crippen molar-refractivity contribution in [2.45, 2.75) is 63.3 Å². The van der Waals surface area contributed by atoms with Crippen LogP contribution in [0.15, 0.2) is 78.9 Å². The van der Waals surface area contributed by atoms with Gasteiger partial charge in [0.25, 0.3) is 0 Å². The molecule has 0 aliphatic heterocycles. The molecule has 3 aromatic carbocycles. The Morgan fingerprint density at radius 1 is 0.878 bits per heavy atom. The van der Waals surface area contributed by atoms with Gasteiger partial charge in [-0.15, -0.1) is 0 Å². The number of carbonyl (C=O) groups excluding carboxylic acids is 2. The largest absolute Gasteiger partial charge is 0.480 e. The van der Waals surface area contributed by atoms with E-state index in [1.807, 2.05) is 54.6 Å². The van der Waals surface area contributed by atoms with E-state index in [-0.39, 0.29) is 19.1 Å². The first kappa shape index (κ1) is 28.4. The third kappa shape index (κ3) is 6.60. The minimum atomic E-state index is -1.22. The van der Waals surface area contributed by atoms with E-state index in [2.05, 4.69) is 34.9 Å². The zero-order valence-electron chi connectivity index (χ0n) is 23.1. The van der Waals surface area contributed by atoms with E-state index in [0.717, 1.165) is 40.7 Å². The average Bonchev–Trinajstić information content (AvgIpc) is 3.31. The fourth-order valence-corrected chi connectivity index (χ4v) is 5.95. The highest BCUT2D eigenvalue weighted by atomic mass is 16.5. The molecule has 0 aromatic heterocycles. The molecule has 41 heavy (non-hydrogen) atoms. The summed E-state index contributed by atoms with van der Waals surface area (Å²) >= 11 is 0. The van der Waals surface area contributed by atoms with Gasteiger partial charge in [0.2, 0.25) is 5.91 Å². The van der Waals surface area contributed by atoms with Crippen LogP contribution in [0.2, 0.25) is 0 Å². The van der Waals surface area contributed by atoms with Crippen molar-refractivity contribution < 1.29 is 29.0 Å². The molecule has 4 atom stereocenters. The van der Waals surface area contributed by atoms with Crippen LogP contribution in [0.1, 0.15) is 55.2 Å². The zero-order valence-corrected chi connectivity index (χ0v) is 23.1. The van der Waals surface area contributed by atoms with Gasteiger partial charge in [0.05, 0.1) is 18.6 Å². The number of aliphatic carboxylic acids is 1. The second kappa shape index (κ2) is 13.0. The van der Waals surface area contributed by atoms with E-state index >= 15 is 0 Å². The van der Waals surface area contributed by atoms with Gasteiger partial charge in [-0.25, -0.2) is 9.59 Å². The van der Waals surface area contributed by atoms with Crippen LogP contribution < -0.4 is 10.6 Å². The first-order chi connectivity index (χ1) is 19.9. The molecule has 8 nitrogen and oxygen atoms in total. The van der Waals surface area contributed by atoms with E-state index in [1.54, 1.807) is 6.92 Å². The van der Waals surface area contributed by atoms with Crippen LogP contribution in [0, 0.1) is 5.92 Å². The lowest BCUT2D eigenvalue weighted by Gasteiger charge is -2.32. The molecular weight excluding hydrogens is 520 g/mol.